The Balaban J connectivity index is 2.02. The fourth-order valence-corrected chi connectivity index (χ4v) is 3.11. The Morgan fingerprint density at radius 2 is 2.16 bits per heavy atom. The van der Waals surface area contributed by atoms with Gasteiger partial charge in [0.2, 0.25) is 0 Å². The highest BCUT2D eigenvalue weighted by molar-refractivity contribution is 5.20. The quantitative estimate of drug-likeness (QED) is 0.898. The third-order valence-corrected chi connectivity index (χ3v) is 4.31. The SMILES string of the molecule is CCNC1CCN(C(C)c2ccccc2F)CC1C. The van der Waals surface area contributed by atoms with Crippen LogP contribution < -0.4 is 5.32 Å². The summed E-state index contributed by atoms with van der Waals surface area (Å²) >= 11 is 0. The summed E-state index contributed by atoms with van der Waals surface area (Å²) in [5.74, 6) is 0.527. The molecule has 0 aliphatic carbocycles. The summed E-state index contributed by atoms with van der Waals surface area (Å²) in [7, 11) is 0. The van der Waals surface area contributed by atoms with E-state index in [4.69, 9.17) is 0 Å². The van der Waals surface area contributed by atoms with Crippen molar-refractivity contribution in [3.63, 3.8) is 0 Å². The van der Waals surface area contributed by atoms with Gasteiger partial charge in [-0.2, -0.15) is 0 Å². The van der Waals surface area contributed by atoms with Crippen molar-refractivity contribution in [3.05, 3.63) is 35.6 Å². The first-order valence-electron chi connectivity index (χ1n) is 7.35. The number of nitrogens with zero attached hydrogens (tertiary/aromatic N) is 1. The van der Waals surface area contributed by atoms with Crippen LogP contribution in [0.3, 0.4) is 0 Å². The van der Waals surface area contributed by atoms with E-state index in [1.807, 2.05) is 12.1 Å². The molecule has 0 amide bonds. The van der Waals surface area contributed by atoms with Gasteiger partial charge in [0.1, 0.15) is 5.82 Å². The summed E-state index contributed by atoms with van der Waals surface area (Å²) in [5.41, 5.74) is 0.816. The van der Waals surface area contributed by atoms with Crippen LogP contribution in [0, 0.1) is 11.7 Å². The van der Waals surface area contributed by atoms with Crippen LogP contribution in [0.4, 0.5) is 4.39 Å². The lowest BCUT2D eigenvalue weighted by Gasteiger charge is -2.40. The lowest BCUT2D eigenvalue weighted by molar-refractivity contribution is 0.110. The van der Waals surface area contributed by atoms with Gasteiger partial charge in [-0.1, -0.05) is 32.0 Å². The van der Waals surface area contributed by atoms with Gasteiger partial charge in [-0.3, -0.25) is 4.90 Å². The van der Waals surface area contributed by atoms with E-state index in [0.717, 1.165) is 31.6 Å². The van der Waals surface area contributed by atoms with E-state index in [1.54, 1.807) is 12.1 Å². The molecular weight excluding hydrogens is 239 g/mol. The number of rotatable bonds is 4. The van der Waals surface area contributed by atoms with Crippen LogP contribution in [-0.2, 0) is 0 Å². The minimum Gasteiger partial charge on any atom is -0.314 e. The number of piperidine rings is 1. The molecule has 1 aromatic carbocycles. The van der Waals surface area contributed by atoms with Crippen molar-refractivity contribution in [2.75, 3.05) is 19.6 Å². The van der Waals surface area contributed by atoms with Gasteiger partial charge in [0, 0.05) is 30.7 Å². The molecule has 0 radical (unpaired) electrons. The summed E-state index contributed by atoms with van der Waals surface area (Å²) in [6, 6.07) is 7.90. The van der Waals surface area contributed by atoms with Gasteiger partial charge < -0.3 is 5.32 Å². The average molecular weight is 264 g/mol. The normalized spacial score (nSPS) is 26.3. The monoisotopic (exact) mass is 264 g/mol. The number of nitrogens with one attached hydrogen (secondary N) is 1. The molecule has 1 heterocycles. The molecule has 2 rings (SSSR count). The molecule has 3 unspecified atom stereocenters. The summed E-state index contributed by atoms with van der Waals surface area (Å²) in [6.07, 6.45) is 1.15. The molecule has 1 aliphatic heterocycles. The molecule has 0 spiro atoms. The lowest BCUT2D eigenvalue weighted by Crippen LogP contribution is -2.48. The van der Waals surface area contributed by atoms with Crippen molar-refractivity contribution in [2.24, 2.45) is 5.92 Å². The highest BCUT2D eigenvalue weighted by Crippen LogP contribution is 2.28. The van der Waals surface area contributed by atoms with Gasteiger partial charge in [0.05, 0.1) is 0 Å². The molecule has 0 bridgehead atoms. The molecule has 106 valence electrons. The number of hydrogen-bond donors (Lipinski definition) is 1. The molecule has 1 N–H and O–H groups in total. The van der Waals surface area contributed by atoms with Crippen LogP contribution >= 0.6 is 0 Å². The molecule has 19 heavy (non-hydrogen) atoms. The van der Waals surface area contributed by atoms with Crippen molar-refractivity contribution >= 4 is 0 Å². The number of likely N-dealkylation sites (tertiary alicyclic amines) is 1. The van der Waals surface area contributed by atoms with Crippen molar-refractivity contribution in [2.45, 2.75) is 39.3 Å². The highest BCUT2D eigenvalue weighted by atomic mass is 19.1. The first-order valence-corrected chi connectivity index (χ1v) is 7.35. The predicted octanol–water partition coefficient (Wildman–Crippen LogP) is 3.21. The zero-order valence-corrected chi connectivity index (χ0v) is 12.2. The van der Waals surface area contributed by atoms with Gasteiger partial charge in [-0.05, 0) is 31.9 Å². The molecule has 0 aromatic heterocycles. The van der Waals surface area contributed by atoms with E-state index in [9.17, 15) is 4.39 Å². The Bertz CT molecular complexity index is 407. The summed E-state index contributed by atoms with van der Waals surface area (Å²) in [4.78, 5) is 2.40. The largest absolute Gasteiger partial charge is 0.314 e. The first-order chi connectivity index (χ1) is 9.13. The van der Waals surface area contributed by atoms with Gasteiger partial charge in [0.25, 0.3) is 0 Å². The van der Waals surface area contributed by atoms with E-state index < -0.39 is 0 Å². The molecule has 3 atom stereocenters. The third kappa shape index (κ3) is 3.34. The Hall–Kier alpha value is -0.930. The lowest BCUT2D eigenvalue weighted by atomic mass is 9.91. The topological polar surface area (TPSA) is 15.3 Å². The van der Waals surface area contributed by atoms with Gasteiger partial charge in [-0.25, -0.2) is 4.39 Å². The molecule has 1 aromatic rings. The second kappa shape index (κ2) is 6.49. The van der Waals surface area contributed by atoms with Crippen LogP contribution in [0.1, 0.15) is 38.8 Å². The number of hydrogen-bond acceptors (Lipinski definition) is 2. The first kappa shape index (κ1) is 14.5. The molecule has 0 saturated carbocycles. The molecule has 1 saturated heterocycles. The van der Waals surface area contributed by atoms with Crippen LogP contribution in [0.2, 0.25) is 0 Å². The average Bonchev–Trinajstić information content (AvgIpc) is 2.41. The Labute approximate surface area is 116 Å². The molecule has 1 aliphatic rings. The smallest absolute Gasteiger partial charge is 0.127 e. The fourth-order valence-electron chi connectivity index (χ4n) is 3.11. The second-order valence-electron chi connectivity index (χ2n) is 5.62. The molecule has 1 fully saturated rings. The summed E-state index contributed by atoms with van der Waals surface area (Å²) in [6.45, 7) is 9.65. The highest BCUT2D eigenvalue weighted by Gasteiger charge is 2.29. The predicted molar refractivity (Wildman–Crippen MR) is 77.6 cm³/mol. The van der Waals surface area contributed by atoms with E-state index in [1.165, 1.54) is 0 Å². The fraction of sp³-hybridized carbons (Fsp3) is 0.625. The van der Waals surface area contributed by atoms with Gasteiger partial charge >= 0.3 is 0 Å². The van der Waals surface area contributed by atoms with Crippen molar-refractivity contribution in [1.82, 2.24) is 10.2 Å². The van der Waals surface area contributed by atoms with Crippen molar-refractivity contribution < 1.29 is 4.39 Å². The maximum absolute atomic E-state index is 13.9. The minimum absolute atomic E-state index is 0.0866. The maximum atomic E-state index is 13.9. The van der Waals surface area contributed by atoms with Gasteiger partial charge in [0.15, 0.2) is 0 Å². The van der Waals surface area contributed by atoms with E-state index in [2.05, 4.69) is 31.0 Å². The van der Waals surface area contributed by atoms with Crippen LogP contribution in [0.25, 0.3) is 0 Å². The number of halogens is 1. The van der Waals surface area contributed by atoms with E-state index in [-0.39, 0.29) is 11.9 Å². The Kier molecular flexibility index (Phi) is 4.94. The Morgan fingerprint density at radius 3 is 2.79 bits per heavy atom. The number of benzene rings is 1. The summed E-state index contributed by atoms with van der Waals surface area (Å²) < 4.78 is 13.9. The zero-order chi connectivity index (χ0) is 13.8. The molecule has 2 nitrogen and oxygen atoms in total. The van der Waals surface area contributed by atoms with Crippen LogP contribution in [-0.4, -0.2) is 30.6 Å². The third-order valence-electron chi connectivity index (χ3n) is 4.31. The van der Waals surface area contributed by atoms with E-state index >= 15 is 0 Å². The zero-order valence-electron chi connectivity index (χ0n) is 12.2. The van der Waals surface area contributed by atoms with Crippen LogP contribution in [0.15, 0.2) is 24.3 Å². The summed E-state index contributed by atoms with van der Waals surface area (Å²) in [5, 5.41) is 3.54. The maximum Gasteiger partial charge on any atom is 0.127 e. The standard InChI is InChI=1S/C16H25FN2/c1-4-18-16-9-10-19(11-12(16)2)13(3)14-7-5-6-8-15(14)17/h5-8,12-13,16,18H,4,9-11H2,1-3H3. The molecular formula is C16H25FN2. The van der Waals surface area contributed by atoms with Gasteiger partial charge in [-0.15, -0.1) is 0 Å². The van der Waals surface area contributed by atoms with Crippen LogP contribution in [0.5, 0.6) is 0 Å². The molecule has 3 heteroatoms. The van der Waals surface area contributed by atoms with Crippen molar-refractivity contribution in [1.29, 1.82) is 0 Å². The minimum atomic E-state index is -0.0866. The Morgan fingerprint density at radius 1 is 1.42 bits per heavy atom. The van der Waals surface area contributed by atoms with Crippen molar-refractivity contribution in [3.8, 4) is 0 Å². The van der Waals surface area contributed by atoms with E-state index in [0.29, 0.717) is 12.0 Å². The second-order valence-corrected chi connectivity index (χ2v) is 5.62.